The van der Waals surface area contributed by atoms with E-state index < -0.39 is 0 Å². The average molecular weight is 231 g/mol. The molecule has 3 rings (SSSR count). The third kappa shape index (κ3) is 1.38. The summed E-state index contributed by atoms with van der Waals surface area (Å²) in [5.74, 6) is 5.99. The highest BCUT2D eigenvalue weighted by Gasteiger charge is 2.47. The largest absolute Gasteiger partial charge is 0.338 e. The lowest BCUT2D eigenvalue weighted by molar-refractivity contribution is -0.132. The Balaban J connectivity index is 2.22. The Morgan fingerprint density at radius 1 is 1.29 bits per heavy atom. The Labute approximate surface area is 99.6 Å². The molecule has 0 aliphatic carbocycles. The zero-order valence-electron chi connectivity index (χ0n) is 9.56. The number of hydrogen-bond acceptors (Lipinski definition) is 3. The number of nitrogens with zero attached hydrogens (tertiary/aromatic N) is 1. The van der Waals surface area contributed by atoms with Crippen LogP contribution in [0.2, 0.25) is 0 Å². The number of aldehydes is 1. The summed E-state index contributed by atoms with van der Waals surface area (Å²) in [6.07, 6.45) is 2.62. The highest BCUT2D eigenvalue weighted by Crippen LogP contribution is 2.39. The fourth-order valence-corrected chi connectivity index (χ4v) is 3.02. The van der Waals surface area contributed by atoms with E-state index in [1.807, 2.05) is 18.2 Å². The maximum atomic E-state index is 12.2. The number of nitrogens with two attached hydrogens (primary N) is 1. The molecule has 2 heterocycles. The van der Waals surface area contributed by atoms with E-state index in [9.17, 15) is 9.59 Å². The number of benzene rings is 1. The molecule has 88 valence electrons. The summed E-state index contributed by atoms with van der Waals surface area (Å²) >= 11 is 0. The van der Waals surface area contributed by atoms with Gasteiger partial charge in [0.25, 0.3) is 0 Å². The molecule has 0 spiro atoms. The Morgan fingerprint density at radius 2 is 2.06 bits per heavy atom. The Bertz CT molecular complexity index is 512. The van der Waals surface area contributed by atoms with Crippen LogP contribution in [-0.4, -0.2) is 18.7 Å². The first-order chi connectivity index (χ1) is 8.15. The predicted molar refractivity (Wildman–Crippen MR) is 63.9 cm³/mol. The summed E-state index contributed by atoms with van der Waals surface area (Å²) in [5.41, 5.74) is 3.16. The standard InChI is InChI=1S/C13H15N2O2/c14-15-5-4-10-2-1-3-11(13(10)15)6-9(8-16)7-12(15)17/h1-3,8-9H,4-7,14H2/q+1. The van der Waals surface area contributed by atoms with Crippen LogP contribution in [0.15, 0.2) is 18.2 Å². The fraction of sp³-hybridized carbons (Fsp3) is 0.385. The van der Waals surface area contributed by atoms with Crippen LogP contribution in [0, 0.1) is 5.92 Å². The van der Waals surface area contributed by atoms with Gasteiger partial charge in [0.15, 0.2) is 5.69 Å². The molecule has 4 heteroatoms. The molecular weight excluding hydrogens is 216 g/mol. The molecule has 0 radical (unpaired) electrons. The van der Waals surface area contributed by atoms with Gasteiger partial charge in [0.1, 0.15) is 12.8 Å². The van der Waals surface area contributed by atoms with Crippen molar-refractivity contribution in [2.45, 2.75) is 19.3 Å². The monoisotopic (exact) mass is 231 g/mol. The molecule has 1 aromatic rings. The van der Waals surface area contributed by atoms with E-state index in [0.29, 0.717) is 13.0 Å². The molecule has 0 fully saturated rings. The first-order valence-electron chi connectivity index (χ1n) is 5.92. The predicted octanol–water partition coefficient (Wildman–Crippen LogP) is 0.712. The van der Waals surface area contributed by atoms with Gasteiger partial charge in [-0.25, -0.2) is 4.79 Å². The van der Waals surface area contributed by atoms with Crippen molar-refractivity contribution in [2.24, 2.45) is 11.8 Å². The third-order valence-corrected chi connectivity index (χ3v) is 3.89. The van der Waals surface area contributed by atoms with E-state index in [1.165, 1.54) is 0 Å². The molecule has 0 aromatic heterocycles. The molecule has 2 aliphatic heterocycles. The second kappa shape index (κ2) is 3.48. The van der Waals surface area contributed by atoms with Gasteiger partial charge >= 0.3 is 5.91 Å². The number of rotatable bonds is 1. The van der Waals surface area contributed by atoms with Crippen molar-refractivity contribution in [3.63, 3.8) is 0 Å². The average Bonchev–Trinajstić information content (AvgIpc) is 2.63. The zero-order chi connectivity index (χ0) is 12.0. The molecule has 1 amide bonds. The van der Waals surface area contributed by atoms with E-state index in [0.717, 1.165) is 29.5 Å². The molecule has 4 nitrogen and oxygen atoms in total. The highest BCUT2D eigenvalue weighted by molar-refractivity contribution is 5.93. The lowest BCUT2D eigenvalue weighted by atomic mass is 9.96. The molecule has 2 N–H and O–H groups in total. The van der Waals surface area contributed by atoms with E-state index in [1.54, 1.807) is 0 Å². The summed E-state index contributed by atoms with van der Waals surface area (Å²) in [4.78, 5) is 23.2. The van der Waals surface area contributed by atoms with Crippen LogP contribution in [0.4, 0.5) is 5.69 Å². The summed E-state index contributed by atoms with van der Waals surface area (Å²) in [5, 5.41) is 0. The highest BCUT2D eigenvalue weighted by atomic mass is 16.2. The van der Waals surface area contributed by atoms with Crippen LogP contribution in [0.25, 0.3) is 0 Å². The van der Waals surface area contributed by atoms with Crippen LogP contribution in [-0.2, 0) is 22.4 Å². The molecule has 0 bridgehead atoms. The number of carbonyl (C=O) groups excluding carboxylic acids is 2. The lowest BCUT2D eigenvalue weighted by Gasteiger charge is -2.24. The van der Waals surface area contributed by atoms with Gasteiger partial charge in [-0.05, 0) is 6.42 Å². The van der Waals surface area contributed by atoms with Crippen LogP contribution in [0.3, 0.4) is 0 Å². The maximum Gasteiger partial charge on any atom is 0.338 e. The topological polar surface area (TPSA) is 60.2 Å². The second-order valence-corrected chi connectivity index (χ2v) is 4.97. The van der Waals surface area contributed by atoms with Crippen molar-refractivity contribution >= 4 is 17.9 Å². The summed E-state index contributed by atoms with van der Waals surface area (Å²) in [7, 11) is 0. The number of para-hydroxylation sites is 1. The second-order valence-electron chi connectivity index (χ2n) is 4.97. The number of quaternary nitrogens is 1. The van der Waals surface area contributed by atoms with Crippen molar-refractivity contribution in [3.8, 4) is 0 Å². The van der Waals surface area contributed by atoms with Gasteiger partial charge in [0.2, 0.25) is 0 Å². The zero-order valence-corrected chi connectivity index (χ0v) is 9.56. The van der Waals surface area contributed by atoms with Crippen molar-refractivity contribution in [1.82, 2.24) is 4.59 Å². The molecule has 17 heavy (non-hydrogen) atoms. The number of hydrogen-bond donors (Lipinski definition) is 1. The van der Waals surface area contributed by atoms with Gasteiger partial charge in [-0.2, -0.15) is 10.4 Å². The van der Waals surface area contributed by atoms with Crippen LogP contribution < -0.4 is 10.4 Å². The van der Waals surface area contributed by atoms with Crippen molar-refractivity contribution in [1.29, 1.82) is 0 Å². The fourth-order valence-electron chi connectivity index (χ4n) is 3.02. The Kier molecular flexibility index (Phi) is 2.18. The summed E-state index contributed by atoms with van der Waals surface area (Å²) in [6, 6.07) is 6.00. The molecule has 0 saturated heterocycles. The Morgan fingerprint density at radius 3 is 2.82 bits per heavy atom. The number of amides is 1. The summed E-state index contributed by atoms with van der Waals surface area (Å²) < 4.78 is -0.101. The minimum atomic E-state index is -0.224. The van der Waals surface area contributed by atoms with E-state index in [4.69, 9.17) is 5.84 Å². The van der Waals surface area contributed by atoms with Crippen molar-refractivity contribution in [2.75, 3.05) is 6.54 Å². The molecule has 0 saturated carbocycles. The van der Waals surface area contributed by atoms with Gasteiger partial charge in [-0.15, -0.1) is 0 Å². The molecule has 2 aliphatic rings. The lowest BCUT2D eigenvalue weighted by Crippen LogP contribution is -2.59. The van der Waals surface area contributed by atoms with Crippen molar-refractivity contribution < 1.29 is 9.59 Å². The van der Waals surface area contributed by atoms with Gasteiger partial charge in [0, 0.05) is 23.5 Å². The van der Waals surface area contributed by atoms with Crippen LogP contribution >= 0.6 is 0 Å². The molecule has 2 atom stereocenters. The molecular formula is C13H15N2O2+. The van der Waals surface area contributed by atoms with Crippen LogP contribution in [0.1, 0.15) is 17.5 Å². The van der Waals surface area contributed by atoms with Crippen LogP contribution in [0.5, 0.6) is 0 Å². The normalized spacial score (nSPS) is 30.9. The first kappa shape index (κ1) is 10.6. The van der Waals surface area contributed by atoms with E-state index >= 15 is 0 Å². The minimum absolute atomic E-state index is 0.0363. The van der Waals surface area contributed by atoms with E-state index in [2.05, 4.69) is 0 Å². The smallest absolute Gasteiger partial charge is 0.303 e. The van der Waals surface area contributed by atoms with Gasteiger partial charge < -0.3 is 4.79 Å². The Hall–Kier alpha value is -1.52. The SMILES string of the molecule is N[N+]12CCc3cccc(c31)CC(C=O)CC2=O. The minimum Gasteiger partial charge on any atom is -0.303 e. The quantitative estimate of drug-likeness (QED) is 0.335. The van der Waals surface area contributed by atoms with Gasteiger partial charge in [-0.1, -0.05) is 18.2 Å². The number of carbonyl (C=O) groups is 2. The molecule has 1 aromatic carbocycles. The third-order valence-electron chi connectivity index (χ3n) is 3.89. The summed E-state index contributed by atoms with van der Waals surface area (Å²) in [6.45, 7) is 0.622. The van der Waals surface area contributed by atoms with Gasteiger partial charge in [0.05, 0.1) is 6.42 Å². The maximum absolute atomic E-state index is 12.2. The molecule has 2 unspecified atom stereocenters. The van der Waals surface area contributed by atoms with Gasteiger partial charge in [-0.3, -0.25) is 0 Å². The van der Waals surface area contributed by atoms with Crippen molar-refractivity contribution in [3.05, 3.63) is 29.3 Å². The van der Waals surface area contributed by atoms with E-state index in [-0.39, 0.29) is 22.8 Å². The first-order valence-corrected chi connectivity index (χ1v) is 5.92.